The summed E-state index contributed by atoms with van der Waals surface area (Å²) in [6.07, 6.45) is 0.142. The van der Waals surface area contributed by atoms with Gasteiger partial charge in [0.1, 0.15) is 11.9 Å². The van der Waals surface area contributed by atoms with Gasteiger partial charge in [0.25, 0.3) is 0 Å². The fourth-order valence-electron chi connectivity index (χ4n) is 3.80. The molecule has 0 unspecified atom stereocenters. The predicted octanol–water partition coefficient (Wildman–Crippen LogP) is 3.81. The second kappa shape index (κ2) is 10.2. The number of sulfone groups is 1. The molecular formula is C22H23F3N4O5S. The first-order valence-electron chi connectivity index (χ1n) is 10.6. The van der Waals surface area contributed by atoms with E-state index in [0.717, 1.165) is 12.1 Å². The van der Waals surface area contributed by atoms with Gasteiger partial charge in [-0.1, -0.05) is 6.07 Å². The second-order valence-electron chi connectivity index (χ2n) is 8.30. The van der Waals surface area contributed by atoms with Crippen LogP contribution in [-0.2, 0) is 20.8 Å². The number of carbonyl (C=O) groups is 1. The summed E-state index contributed by atoms with van der Waals surface area (Å²) in [5.74, 6) is 0. The van der Waals surface area contributed by atoms with Crippen LogP contribution >= 0.6 is 0 Å². The van der Waals surface area contributed by atoms with Crippen molar-refractivity contribution in [2.24, 2.45) is 0 Å². The van der Waals surface area contributed by atoms with Crippen molar-refractivity contribution in [1.29, 1.82) is 5.26 Å². The van der Waals surface area contributed by atoms with E-state index in [1.54, 1.807) is 0 Å². The Morgan fingerprint density at radius 1 is 1.23 bits per heavy atom. The standard InChI is InChI=1S/C17H17F3N2O3S.C5H6N2O2/c1-25-13-3-4-14(7-13)26(23,24)16-5-2-11(6-15(16)17(18,19)20)12-8-21-10-22-9-12;6-3-5(1-2-5)7-4(8)9/h2,5-6,8-10,13-14H,3-4,7H2,1H3;7H,1-2H2,(H,8,9)/t13-,14-;/m1./s1. The summed E-state index contributed by atoms with van der Waals surface area (Å²) in [5.41, 5.74) is -1.31. The molecule has 0 saturated heterocycles. The number of rotatable bonds is 5. The number of hydrogen-bond acceptors (Lipinski definition) is 7. The SMILES string of the molecule is CO[C@@H]1CC[C@@H](S(=O)(=O)c2ccc(-c3cncnc3)cc2C(F)(F)F)C1.N#CC1(NC(=O)O)CC1. The molecule has 2 fully saturated rings. The fraction of sp³-hybridized carbons (Fsp3) is 0.455. The Bertz CT molecular complexity index is 1210. The number of nitrogens with one attached hydrogen (secondary N) is 1. The number of nitriles is 1. The molecule has 2 atom stereocenters. The molecule has 4 rings (SSSR count). The van der Waals surface area contributed by atoms with Gasteiger partial charge < -0.3 is 15.2 Å². The molecule has 1 heterocycles. The van der Waals surface area contributed by atoms with Gasteiger partial charge in [-0.2, -0.15) is 18.4 Å². The van der Waals surface area contributed by atoms with E-state index in [4.69, 9.17) is 15.1 Å². The van der Waals surface area contributed by atoms with Crippen molar-refractivity contribution in [3.8, 4) is 17.2 Å². The van der Waals surface area contributed by atoms with Crippen LogP contribution in [-0.4, -0.2) is 53.6 Å². The number of amides is 1. The van der Waals surface area contributed by atoms with Gasteiger partial charge in [-0.3, -0.25) is 0 Å². The van der Waals surface area contributed by atoms with Crippen LogP contribution in [0.15, 0.2) is 41.8 Å². The van der Waals surface area contributed by atoms with Crippen LogP contribution in [0.2, 0.25) is 0 Å². The first-order chi connectivity index (χ1) is 16.4. The topological polar surface area (TPSA) is 142 Å². The summed E-state index contributed by atoms with van der Waals surface area (Å²) in [5, 5.41) is 17.7. The monoisotopic (exact) mass is 512 g/mol. The Labute approximate surface area is 199 Å². The van der Waals surface area contributed by atoms with Crippen molar-refractivity contribution in [3.63, 3.8) is 0 Å². The maximum absolute atomic E-state index is 13.6. The van der Waals surface area contributed by atoms with Crippen molar-refractivity contribution >= 4 is 15.9 Å². The zero-order valence-electron chi connectivity index (χ0n) is 18.6. The first kappa shape index (κ1) is 26.4. The number of aromatic nitrogens is 2. The van der Waals surface area contributed by atoms with Crippen LogP contribution < -0.4 is 5.32 Å². The van der Waals surface area contributed by atoms with E-state index in [0.29, 0.717) is 24.8 Å². The molecule has 2 saturated carbocycles. The molecule has 1 amide bonds. The van der Waals surface area contributed by atoms with E-state index in [2.05, 4.69) is 15.3 Å². The van der Waals surface area contributed by atoms with E-state index in [9.17, 15) is 26.4 Å². The number of hydrogen-bond donors (Lipinski definition) is 2. The number of halogens is 3. The van der Waals surface area contributed by atoms with Crippen LogP contribution in [0.4, 0.5) is 18.0 Å². The number of benzene rings is 1. The fourth-order valence-corrected chi connectivity index (χ4v) is 5.81. The van der Waals surface area contributed by atoms with Gasteiger partial charge in [0.15, 0.2) is 9.84 Å². The minimum Gasteiger partial charge on any atom is -0.465 e. The zero-order valence-corrected chi connectivity index (χ0v) is 19.4. The lowest BCUT2D eigenvalue weighted by molar-refractivity contribution is -0.139. The number of ether oxygens (including phenoxy) is 1. The molecule has 2 aromatic rings. The highest BCUT2D eigenvalue weighted by atomic mass is 32.2. The summed E-state index contributed by atoms with van der Waals surface area (Å²) >= 11 is 0. The van der Waals surface area contributed by atoms with Crippen molar-refractivity contribution < 1.29 is 36.2 Å². The number of nitrogens with zero attached hydrogens (tertiary/aromatic N) is 3. The van der Waals surface area contributed by atoms with Crippen LogP contribution in [0, 0.1) is 11.3 Å². The molecule has 188 valence electrons. The molecule has 0 aliphatic heterocycles. The number of carboxylic acid groups (broad SMARTS) is 1. The van der Waals surface area contributed by atoms with Crippen molar-refractivity contribution in [3.05, 3.63) is 42.5 Å². The van der Waals surface area contributed by atoms with Crippen molar-refractivity contribution in [2.75, 3.05) is 7.11 Å². The van der Waals surface area contributed by atoms with Crippen LogP contribution in [0.5, 0.6) is 0 Å². The minimum absolute atomic E-state index is 0.199. The highest BCUT2D eigenvalue weighted by Gasteiger charge is 2.45. The van der Waals surface area contributed by atoms with Gasteiger partial charge in [-0.15, -0.1) is 0 Å². The van der Waals surface area contributed by atoms with Crippen LogP contribution in [0.1, 0.15) is 37.7 Å². The average Bonchev–Trinajstić information content (AvgIpc) is 3.40. The van der Waals surface area contributed by atoms with Gasteiger partial charge in [0.2, 0.25) is 0 Å². The Balaban J connectivity index is 0.000000320. The van der Waals surface area contributed by atoms with Crippen molar-refractivity contribution in [2.45, 2.75) is 60.1 Å². The Kier molecular flexibility index (Phi) is 7.66. The van der Waals surface area contributed by atoms with E-state index in [1.807, 2.05) is 6.07 Å². The van der Waals surface area contributed by atoms with Gasteiger partial charge in [0.05, 0.1) is 27.9 Å². The average molecular weight is 513 g/mol. The Morgan fingerprint density at radius 3 is 2.34 bits per heavy atom. The molecule has 35 heavy (non-hydrogen) atoms. The smallest absolute Gasteiger partial charge is 0.417 e. The maximum Gasteiger partial charge on any atom is 0.417 e. The molecule has 0 radical (unpaired) electrons. The van der Waals surface area contributed by atoms with E-state index in [-0.39, 0.29) is 24.5 Å². The largest absolute Gasteiger partial charge is 0.465 e. The van der Waals surface area contributed by atoms with E-state index < -0.39 is 43.4 Å². The first-order valence-corrected chi connectivity index (χ1v) is 12.1. The molecule has 1 aromatic carbocycles. The van der Waals surface area contributed by atoms with Gasteiger partial charge in [-0.05, 0) is 49.8 Å². The summed E-state index contributed by atoms with van der Waals surface area (Å²) in [6, 6.07) is 5.11. The van der Waals surface area contributed by atoms with Gasteiger partial charge in [-0.25, -0.2) is 23.2 Å². The van der Waals surface area contributed by atoms with Crippen LogP contribution in [0.3, 0.4) is 0 Å². The van der Waals surface area contributed by atoms with Gasteiger partial charge in [0, 0.05) is 25.1 Å². The molecule has 1 aromatic heterocycles. The van der Waals surface area contributed by atoms with Crippen molar-refractivity contribution in [1.82, 2.24) is 15.3 Å². The minimum atomic E-state index is -4.80. The lowest BCUT2D eigenvalue weighted by atomic mass is 10.1. The van der Waals surface area contributed by atoms with E-state index in [1.165, 1.54) is 31.9 Å². The normalized spacial score (nSPS) is 20.8. The molecule has 2 aliphatic rings. The van der Waals surface area contributed by atoms with Gasteiger partial charge >= 0.3 is 12.3 Å². The highest BCUT2D eigenvalue weighted by molar-refractivity contribution is 7.92. The summed E-state index contributed by atoms with van der Waals surface area (Å²) < 4.78 is 71.6. The molecule has 2 aliphatic carbocycles. The summed E-state index contributed by atoms with van der Waals surface area (Å²) in [4.78, 5) is 16.8. The summed E-state index contributed by atoms with van der Waals surface area (Å²) in [6.45, 7) is 0. The predicted molar refractivity (Wildman–Crippen MR) is 117 cm³/mol. The number of methoxy groups -OCH3 is 1. The molecule has 2 N–H and O–H groups in total. The Hall–Kier alpha value is -3.24. The zero-order chi connectivity index (χ0) is 25.9. The molecule has 0 spiro atoms. The third-order valence-corrected chi connectivity index (χ3v) is 8.18. The second-order valence-corrected chi connectivity index (χ2v) is 10.5. The molecular weight excluding hydrogens is 489 g/mol. The highest BCUT2D eigenvalue weighted by Crippen LogP contribution is 2.40. The maximum atomic E-state index is 13.6. The number of alkyl halides is 3. The third-order valence-electron chi connectivity index (χ3n) is 5.90. The molecule has 0 bridgehead atoms. The molecule has 9 nitrogen and oxygen atoms in total. The third kappa shape index (κ3) is 6.26. The lowest BCUT2D eigenvalue weighted by Gasteiger charge is -2.18. The van der Waals surface area contributed by atoms with E-state index >= 15 is 0 Å². The summed E-state index contributed by atoms with van der Waals surface area (Å²) in [7, 11) is -2.66. The molecule has 13 heteroatoms. The lowest BCUT2D eigenvalue weighted by Crippen LogP contribution is -2.33. The Morgan fingerprint density at radius 2 is 1.89 bits per heavy atom. The van der Waals surface area contributed by atoms with Crippen LogP contribution in [0.25, 0.3) is 11.1 Å². The quantitative estimate of drug-likeness (QED) is 0.616.